The number of amides is 3. The molecule has 0 aliphatic carbocycles. The van der Waals surface area contributed by atoms with Gasteiger partial charge in [0.15, 0.2) is 0 Å². The van der Waals surface area contributed by atoms with Gasteiger partial charge in [0, 0.05) is 58.6 Å². The molecular formula is C26H38N8O4. The first-order chi connectivity index (χ1) is 18.0. The number of piperazine rings is 1. The number of aromatic nitrogens is 2. The lowest BCUT2D eigenvalue weighted by atomic mass is 9.91. The number of benzene rings is 1. The number of anilines is 1. The maximum Gasteiger partial charge on any atom is 0.354 e. The molecule has 0 saturated carbocycles. The Balaban J connectivity index is 1.31. The highest BCUT2D eigenvalue weighted by Gasteiger charge is 2.32. The van der Waals surface area contributed by atoms with E-state index in [0.29, 0.717) is 44.7 Å². The van der Waals surface area contributed by atoms with Gasteiger partial charge in [0.2, 0.25) is 5.91 Å². The van der Waals surface area contributed by atoms with Crippen molar-refractivity contribution in [3.05, 3.63) is 52.6 Å². The molecule has 2 fully saturated rings. The fraction of sp³-hybridized carbons (Fsp3) is 0.538. The Bertz CT molecular complexity index is 1190. The summed E-state index contributed by atoms with van der Waals surface area (Å²) in [7, 11) is 0. The van der Waals surface area contributed by atoms with Crippen LogP contribution >= 0.6 is 0 Å². The normalized spacial score (nSPS) is 18.3. The maximum atomic E-state index is 12.7. The molecule has 0 bridgehead atoms. The molecule has 0 radical (unpaired) electrons. The molecule has 0 spiro atoms. The van der Waals surface area contributed by atoms with Crippen molar-refractivity contribution in [1.82, 2.24) is 24.3 Å². The Morgan fingerprint density at radius 1 is 1.03 bits per heavy atom. The highest BCUT2D eigenvalue weighted by molar-refractivity contribution is 5.89. The van der Waals surface area contributed by atoms with Crippen molar-refractivity contribution >= 4 is 17.8 Å². The van der Waals surface area contributed by atoms with Crippen molar-refractivity contribution < 1.29 is 14.7 Å². The quantitative estimate of drug-likeness (QED) is 0.406. The third kappa shape index (κ3) is 6.57. The Morgan fingerprint density at radius 3 is 2.18 bits per heavy atom. The van der Waals surface area contributed by atoms with E-state index < -0.39 is 16.8 Å². The monoisotopic (exact) mass is 526 g/mol. The van der Waals surface area contributed by atoms with Crippen LogP contribution in [0.15, 0.2) is 41.3 Å². The summed E-state index contributed by atoms with van der Waals surface area (Å²) in [5, 5.41) is 13.0. The minimum absolute atomic E-state index is 0.150. The zero-order valence-electron chi connectivity index (χ0n) is 22.1. The van der Waals surface area contributed by atoms with E-state index in [1.165, 1.54) is 4.57 Å². The molecule has 3 amide bonds. The maximum absolute atomic E-state index is 12.7. The zero-order chi connectivity index (χ0) is 27.5. The summed E-state index contributed by atoms with van der Waals surface area (Å²) in [4.78, 5) is 47.2. The Morgan fingerprint density at radius 2 is 1.63 bits per heavy atom. The third-order valence-electron chi connectivity index (χ3n) is 7.23. The number of rotatable bonds is 6. The molecule has 2 saturated heterocycles. The van der Waals surface area contributed by atoms with Gasteiger partial charge in [-0.25, -0.2) is 9.59 Å². The van der Waals surface area contributed by atoms with Gasteiger partial charge in [-0.15, -0.1) is 0 Å². The predicted octanol–water partition coefficient (Wildman–Crippen LogP) is -0.0685. The van der Waals surface area contributed by atoms with Crippen LogP contribution < -0.4 is 22.5 Å². The first-order valence-corrected chi connectivity index (χ1v) is 13.0. The Hall–Kier alpha value is -3.32. The smallest absolute Gasteiger partial charge is 0.354 e. The summed E-state index contributed by atoms with van der Waals surface area (Å²) < 4.78 is 1.42. The second-order valence-electron chi connectivity index (χ2n) is 10.8. The van der Waals surface area contributed by atoms with Gasteiger partial charge in [-0.2, -0.15) is 4.98 Å². The largest absolute Gasteiger partial charge is 0.388 e. The molecule has 1 aromatic heterocycles. The van der Waals surface area contributed by atoms with Crippen LogP contribution in [0.1, 0.15) is 32.3 Å². The number of aliphatic hydroxyl groups is 1. The second-order valence-corrected chi connectivity index (χ2v) is 10.8. The summed E-state index contributed by atoms with van der Waals surface area (Å²) in [6.45, 7) is 7.45. The number of hydrogen-bond donors (Lipinski definition) is 4. The SMILES string of the molecule is CC(C)(N)C(=O)N1CCN(C(=O)Nc2ccn(-c3ccc(CN4CCC(O)(CN)CC4)cc3)c(=O)n2)CC1. The van der Waals surface area contributed by atoms with Gasteiger partial charge >= 0.3 is 11.7 Å². The number of piperidine rings is 1. The van der Waals surface area contributed by atoms with E-state index in [4.69, 9.17) is 11.5 Å². The molecule has 6 N–H and O–H groups in total. The van der Waals surface area contributed by atoms with Gasteiger partial charge in [-0.05, 0) is 50.5 Å². The van der Waals surface area contributed by atoms with Crippen LogP contribution in [0.5, 0.6) is 0 Å². The molecule has 4 rings (SSSR count). The lowest BCUT2D eigenvalue weighted by molar-refractivity contribution is -0.137. The number of nitrogens with one attached hydrogen (secondary N) is 1. The van der Waals surface area contributed by atoms with Gasteiger partial charge in [-0.1, -0.05) is 12.1 Å². The van der Waals surface area contributed by atoms with E-state index in [9.17, 15) is 19.5 Å². The average Bonchev–Trinajstić information content (AvgIpc) is 2.90. The van der Waals surface area contributed by atoms with Gasteiger partial charge in [0.1, 0.15) is 5.82 Å². The average molecular weight is 527 g/mol. The van der Waals surface area contributed by atoms with Crippen LogP contribution in [0.4, 0.5) is 10.6 Å². The third-order valence-corrected chi connectivity index (χ3v) is 7.23. The molecule has 12 heteroatoms. The van der Waals surface area contributed by atoms with Crippen molar-refractivity contribution in [2.24, 2.45) is 11.5 Å². The molecule has 0 unspecified atom stereocenters. The fourth-order valence-corrected chi connectivity index (χ4v) is 4.73. The number of hydrogen-bond acceptors (Lipinski definition) is 8. The summed E-state index contributed by atoms with van der Waals surface area (Å²) >= 11 is 0. The number of carbonyl (C=O) groups is 2. The first kappa shape index (κ1) is 27.7. The van der Waals surface area contributed by atoms with Crippen molar-refractivity contribution in [3.8, 4) is 5.69 Å². The predicted molar refractivity (Wildman–Crippen MR) is 144 cm³/mol. The summed E-state index contributed by atoms with van der Waals surface area (Å²) in [5.74, 6) is 0.0135. The molecular weight excluding hydrogens is 488 g/mol. The minimum atomic E-state index is -0.954. The van der Waals surface area contributed by atoms with Crippen LogP contribution in [0.3, 0.4) is 0 Å². The van der Waals surface area contributed by atoms with Gasteiger partial charge in [0.25, 0.3) is 0 Å². The molecule has 0 atom stereocenters. The number of urea groups is 1. The Labute approximate surface area is 222 Å². The zero-order valence-corrected chi connectivity index (χ0v) is 22.1. The van der Waals surface area contributed by atoms with Gasteiger partial charge < -0.3 is 26.4 Å². The van der Waals surface area contributed by atoms with Crippen molar-refractivity contribution in [1.29, 1.82) is 0 Å². The molecule has 2 aliphatic heterocycles. The second kappa shape index (κ2) is 11.2. The fourth-order valence-electron chi connectivity index (χ4n) is 4.73. The molecule has 12 nitrogen and oxygen atoms in total. The number of carbonyl (C=O) groups excluding carboxylic acids is 2. The van der Waals surface area contributed by atoms with Crippen molar-refractivity contribution in [3.63, 3.8) is 0 Å². The Kier molecular flexibility index (Phi) is 8.16. The van der Waals surface area contributed by atoms with E-state index in [-0.39, 0.29) is 24.3 Å². The molecule has 3 heterocycles. The molecule has 206 valence electrons. The van der Waals surface area contributed by atoms with Crippen LogP contribution in [0.2, 0.25) is 0 Å². The van der Waals surface area contributed by atoms with E-state index in [1.807, 2.05) is 24.3 Å². The lowest BCUT2D eigenvalue weighted by Gasteiger charge is -2.37. The lowest BCUT2D eigenvalue weighted by Crippen LogP contribution is -2.58. The number of likely N-dealkylation sites (tertiary alicyclic amines) is 1. The summed E-state index contributed by atoms with van der Waals surface area (Å²) in [5.41, 5.74) is 11.1. The van der Waals surface area contributed by atoms with E-state index in [1.54, 1.807) is 35.9 Å². The highest BCUT2D eigenvalue weighted by Crippen LogP contribution is 2.22. The molecule has 1 aromatic carbocycles. The van der Waals surface area contributed by atoms with Crippen LogP contribution in [0.25, 0.3) is 5.69 Å². The van der Waals surface area contributed by atoms with E-state index in [0.717, 1.165) is 25.2 Å². The van der Waals surface area contributed by atoms with Crippen molar-refractivity contribution in [2.45, 2.75) is 44.4 Å². The number of nitrogens with zero attached hydrogens (tertiary/aromatic N) is 5. The summed E-state index contributed by atoms with van der Waals surface area (Å²) in [6.07, 6.45) is 2.90. The van der Waals surface area contributed by atoms with Gasteiger partial charge in [0.05, 0.1) is 16.8 Å². The first-order valence-electron chi connectivity index (χ1n) is 13.0. The van der Waals surface area contributed by atoms with Crippen molar-refractivity contribution in [2.75, 3.05) is 51.1 Å². The van der Waals surface area contributed by atoms with Gasteiger partial charge in [-0.3, -0.25) is 19.6 Å². The van der Waals surface area contributed by atoms with E-state index >= 15 is 0 Å². The molecule has 2 aliphatic rings. The minimum Gasteiger partial charge on any atom is -0.388 e. The van der Waals surface area contributed by atoms with Crippen LogP contribution in [-0.4, -0.2) is 98.2 Å². The standard InChI is InChI=1S/C26H38N8O4/c1-25(2,28)22(35)32-13-15-33(16-14-32)23(36)29-21-7-10-34(24(37)30-21)20-5-3-19(4-6-20)17-31-11-8-26(38,18-27)9-12-31/h3-7,10,38H,8-9,11-18,27-28H2,1-2H3,(H,29,30,36,37). The van der Waals surface area contributed by atoms with E-state index in [2.05, 4.69) is 15.2 Å². The topological polar surface area (TPSA) is 163 Å². The summed E-state index contributed by atoms with van der Waals surface area (Å²) in [6, 6.07) is 8.87. The van der Waals surface area contributed by atoms with Crippen LogP contribution in [0, 0.1) is 0 Å². The molecule has 2 aromatic rings. The number of nitrogens with two attached hydrogens (primary N) is 2. The highest BCUT2D eigenvalue weighted by atomic mass is 16.3. The van der Waals surface area contributed by atoms with Crippen LogP contribution in [-0.2, 0) is 11.3 Å². The molecule has 38 heavy (non-hydrogen) atoms.